The third kappa shape index (κ3) is 3.98. The van der Waals surface area contributed by atoms with Crippen LogP contribution in [0, 0.1) is 0 Å². The van der Waals surface area contributed by atoms with Crippen molar-refractivity contribution in [1.82, 2.24) is 0 Å². The van der Waals surface area contributed by atoms with Crippen LogP contribution < -0.4 is 5.73 Å². The van der Waals surface area contributed by atoms with E-state index in [-0.39, 0.29) is 0 Å². The summed E-state index contributed by atoms with van der Waals surface area (Å²) >= 11 is 0. The van der Waals surface area contributed by atoms with Crippen molar-refractivity contribution < 1.29 is 0 Å². The minimum Gasteiger partial charge on any atom is -0.327 e. The minimum absolute atomic E-state index is 0.636. The lowest BCUT2D eigenvalue weighted by molar-refractivity contribution is 1.13. The van der Waals surface area contributed by atoms with Gasteiger partial charge in [0.15, 0.2) is 0 Å². The Morgan fingerprint density at radius 3 is 2.56 bits per heavy atom. The third-order valence-electron chi connectivity index (χ3n) is 1.25. The van der Waals surface area contributed by atoms with Crippen LogP contribution in [0.25, 0.3) is 0 Å². The van der Waals surface area contributed by atoms with Crippen molar-refractivity contribution in [2.75, 3.05) is 6.54 Å². The highest BCUT2D eigenvalue weighted by atomic mass is 14.5. The first kappa shape index (κ1) is 8.44. The molecule has 9 heavy (non-hydrogen) atoms. The molecule has 0 aliphatic rings. The molecule has 0 spiro atoms. The van der Waals surface area contributed by atoms with Gasteiger partial charge in [-0.05, 0) is 13.3 Å². The lowest BCUT2D eigenvalue weighted by atomic mass is 10.2. The van der Waals surface area contributed by atoms with E-state index in [1.54, 1.807) is 0 Å². The van der Waals surface area contributed by atoms with Crippen molar-refractivity contribution in [3.63, 3.8) is 0 Å². The zero-order valence-electron chi connectivity index (χ0n) is 6.22. The van der Waals surface area contributed by atoms with Gasteiger partial charge in [0.2, 0.25) is 0 Å². The number of hydrogen-bond acceptors (Lipinski definition) is 1. The third-order valence-corrected chi connectivity index (χ3v) is 1.25. The molecule has 2 N–H and O–H groups in total. The Kier molecular flexibility index (Phi) is 5.23. The number of allylic oxidation sites excluding steroid dienone is 3. The van der Waals surface area contributed by atoms with Crippen LogP contribution in [0.2, 0.25) is 0 Å². The maximum atomic E-state index is 5.27. The average Bonchev–Trinajstić information content (AvgIpc) is 1.91. The standard InChI is InChI=1S/C8H15N/c1-3-8(4-2)6-5-7-9/h3,5-6H,4,7,9H2,1-2H3. The maximum absolute atomic E-state index is 5.27. The van der Waals surface area contributed by atoms with Crippen molar-refractivity contribution in [2.24, 2.45) is 5.73 Å². The first-order valence-electron chi connectivity index (χ1n) is 3.37. The van der Waals surface area contributed by atoms with Gasteiger partial charge in [0.05, 0.1) is 0 Å². The van der Waals surface area contributed by atoms with E-state index in [4.69, 9.17) is 5.73 Å². The molecule has 0 aromatic rings. The first-order chi connectivity index (χ1) is 4.35. The lowest BCUT2D eigenvalue weighted by Crippen LogP contribution is -1.92. The number of hydrogen-bond donors (Lipinski definition) is 1. The van der Waals surface area contributed by atoms with Crippen molar-refractivity contribution in [3.05, 3.63) is 23.8 Å². The predicted octanol–water partition coefficient (Wildman–Crippen LogP) is 1.86. The number of rotatable bonds is 3. The molecule has 52 valence electrons. The van der Waals surface area contributed by atoms with Crippen molar-refractivity contribution in [1.29, 1.82) is 0 Å². The summed E-state index contributed by atoms with van der Waals surface area (Å²) in [6.45, 7) is 4.81. The van der Waals surface area contributed by atoms with Gasteiger partial charge in [-0.3, -0.25) is 0 Å². The van der Waals surface area contributed by atoms with E-state index in [0.29, 0.717) is 6.54 Å². The molecule has 0 aliphatic carbocycles. The molecule has 0 saturated heterocycles. The SMILES string of the molecule is CC=C(C=CCN)CC. The maximum Gasteiger partial charge on any atom is 0.0110 e. The van der Waals surface area contributed by atoms with Gasteiger partial charge in [-0.25, -0.2) is 0 Å². The molecule has 0 aliphatic heterocycles. The van der Waals surface area contributed by atoms with E-state index in [1.807, 2.05) is 13.0 Å². The Labute approximate surface area is 57.3 Å². The summed E-state index contributed by atoms with van der Waals surface area (Å²) in [7, 11) is 0. The van der Waals surface area contributed by atoms with Crippen LogP contribution in [0.15, 0.2) is 23.8 Å². The molecule has 0 radical (unpaired) electrons. The Balaban J connectivity index is 3.70. The second-order valence-corrected chi connectivity index (χ2v) is 1.86. The van der Waals surface area contributed by atoms with Crippen LogP contribution in [0.3, 0.4) is 0 Å². The van der Waals surface area contributed by atoms with Crippen LogP contribution in [-0.2, 0) is 0 Å². The molecule has 0 amide bonds. The van der Waals surface area contributed by atoms with Crippen LogP contribution in [0.4, 0.5) is 0 Å². The van der Waals surface area contributed by atoms with Crippen LogP contribution in [-0.4, -0.2) is 6.54 Å². The van der Waals surface area contributed by atoms with E-state index in [9.17, 15) is 0 Å². The summed E-state index contributed by atoms with van der Waals surface area (Å²) in [5.74, 6) is 0. The summed E-state index contributed by atoms with van der Waals surface area (Å²) in [6, 6.07) is 0. The summed E-state index contributed by atoms with van der Waals surface area (Å²) in [5, 5.41) is 0. The van der Waals surface area contributed by atoms with Gasteiger partial charge in [-0.1, -0.05) is 30.7 Å². The fraction of sp³-hybridized carbons (Fsp3) is 0.500. The largest absolute Gasteiger partial charge is 0.327 e. The highest BCUT2D eigenvalue weighted by Crippen LogP contribution is 2.00. The topological polar surface area (TPSA) is 26.0 Å². The fourth-order valence-electron chi connectivity index (χ4n) is 0.638. The Hall–Kier alpha value is -0.560. The van der Waals surface area contributed by atoms with Gasteiger partial charge in [-0.15, -0.1) is 0 Å². The molecular weight excluding hydrogens is 110 g/mol. The zero-order valence-corrected chi connectivity index (χ0v) is 6.22. The van der Waals surface area contributed by atoms with E-state index in [2.05, 4.69) is 19.1 Å². The van der Waals surface area contributed by atoms with Gasteiger partial charge >= 0.3 is 0 Å². The molecular formula is C8H15N. The second kappa shape index (κ2) is 5.57. The summed E-state index contributed by atoms with van der Waals surface area (Å²) < 4.78 is 0. The lowest BCUT2D eigenvalue weighted by Gasteiger charge is -1.91. The first-order valence-corrected chi connectivity index (χ1v) is 3.37. The summed E-state index contributed by atoms with van der Waals surface area (Å²) in [4.78, 5) is 0. The van der Waals surface area contributed by atoms with Crippen LogP contribution in [0.1, 0.15) is 20.3 Å². The molecule has 0 rings (SSSR count). The minimum atomic E-state index is 0.636. The molecule has 0 unspecified atom stereocenters. The van der Waals surface area contributed by atoms with E-state index < -0.39 is 0 Å². The Morgan fingerprint density at radius 1 is 1.56 bits per heavy atom. The second-order valence-electron chi connectivity index (χ2n) is 1.86. The zero-order chi connectivity index (χ0) is 7.11. The van der Waals surface area contributed by atoms with E-state index in [1.165, 1.54) is 5.57 Å². The molecule has 0 atom stereocenters. The molecule has 0 saturated carbocycles. The molecule has 0 aromatic heterocycles. The molecule has 1 nitrogen and oxygen atoms in total. The predicted molar refractivity (Wildman–Crippen MR) is 42.2 cm³/mol. The molecule has 0 fully saturated rings. The van der Waals surface area contributed by atoms with Crippen molar-refractivity contribution >= 4 is 0 Å². The van der Waals surface area contributed by atoms with Gasteiger partial charge in [0.1, 0.15) is 0 Å². The Morgan fingerprint density at radius 2 is 2.22 bits per heavy atom. The fourth-order valence-corrected chi connectivity index (χ4v) is 0.638. The quantitative estimate of drug-likeness (QED) is 0.572. The average molecular weight is 125 g/mol. The van der Waals surface area contributed by atoms with Crippen molar-refractivity contribution in [3.8, 4) is 0 Å². The summed E-state index contributed by atoms with van der Waals surface area (Å²) in [6.07, 6.45) is 7.23. The van der Waals surface area contributed by atoms with Crippen LogP contribution >= 0.6 is 0 Å². The molecule has 0 heterocycles. The number of nitrogens with two attached hydrogens (primary N) is 1. The smallest absolute Gasteiger partial charge is 0.0110 e. The summed E-state index contributed by atoms with van der Waals surface area (Å²) in [5.41, 5.74) is 6.62. The Bertz CT molecular complexity index is 112. The highest BCUT2D eigenvalue weighted by molar-refractivity contribution is 5.17. The monoisotopic (exact) mass is 125 g/mol. The normalized spacial score (nSPS) is 13.0. The molecule has 1 heteroatoms. The van der Waals surface area contributed by atoms with Gasteiger partial charge in [-0.2, -0.15) is 0 Å². The van der Waals surface area contributed by atoms with Gasteiger partial charge in [0.25, 0.3) is 0 Å². The van der Waals surface area contributed by atoms with Gasteiger partial charge < -0.3 is 5.73 Å². The highest BCUT2D eigenvalue weighted by Gasteiger charge is 1.80. The van der Waals surface area contributed by atoms with Crippen LogP contribution in [0.5, 0.6) is 0 Å². The molecule has 0 bridgehead atoms. The molecule has 0 aromatic carbocycles. The van der Waals surface area contributed by atoms with Gasteiger partial charge in [0, 0.05) is 6.54 Å². The van der Waals surface area contributed by atoms with E-state index >= 15 is 0 Å². The van der Waals surface area contributed by atoms with Crippen molar-refractivity contribution in [2.45, 2.75) is 20.3 Å². The van der Waals surface area contributed by atoms with E-state index in [0.717, 1.165) is 6.42 Å².